The Morgan fingerprint density at radius 2 is 2.42 bits per heavy atom. The molecule has 0 saturated carbocycles. The fourth-order valence-corrected chi connectivity index (χ4v) is 3.01. The molecule has 0 aromatic carbocycles. The van der Waals surface area contributed by atoms with Crippen LogP contribution in [0.25, 0.3) is 0 Å². The zero-order valence-electron chi connectivity index (χ0n) is 10.8. The van der Waals surface area contributed by atoms with Crippen LogP contribution >= 0.6 is 11.3 Å². The van der Waals surface area contributed by atoms with Crippen molar-refractivity contribution in [2.45, 2.75) is 19.4 Å². The van der Waals surface area contributed by atoms with E-state index in [1.807, 2.05) is 29.3 Å². The maximum atomic E-state index is 11.9. The lowest BCUT2D eigenvalue weighted by molar-refractivity contribution is -0.141. The number of carboxylic acids is 1. The van der Waals surface area contributed by atoms with Gasteiger partial charge in [-0.05, 0) is 31.3 Å². The Labute approximate surface area is 116 Å². The Bertz CT molecular complexity index is 447. The van der Waals surface area contributed by atoms with Crippen LogP contribution in [0.15, 0.2) is 17.5 Å². The summed E-state index contributed by atoms with van der Waals surface area (Å²) in [4.78, 5) is 25.7. The van der Waals surface area contributed by atoms with E-state index in [0.29, 0.717) is 19.5 Å². The van der Waals surface area contributed by atoms with E-state index in [9.17, 15) is 9.59 Å². The van der Waals surface area contributed by atoms with Gasteiger partial charge in [-0.1, -0.05) is 6.07 Å². The lowest BCUT2D eigenvalue weighted by atomic mass is 10.1. The van der Waals surface area contributed by atoms with E-state index in [1.54, 1.807) is 11.3 Å². The molecule has 5 nitrogen and oxygen atoms in total. The number of likely N-dealkylation sites (tertiary alicyclic amines) is 1. The van der Waals surface area contributed by atoms with Gasteiger partial charge < -0.3 is 10.4 Å². The normalized spacial score (nSPS) is 21.2. The van der Waals surface area contributed by atoms with Crippen LogP contribution in [-0.2, 0) is 9.59 Å². The second-order valence-electron chi connectivity index (χ2n) is 4.86. The smallest absolute Gasteiger partial charge is 0.307 e. The molecule has 0 radical (unpaired) electrons. The van der Waals surface area contributed by atoms with Crippen molar-refractivity contribution in [2.24, 2.45) is 5.92 Å². The van der Waals surface area contributed by atoms with Gasteiger partial charge in [-0.3, -0.25) is 14.5 Å². The molecule has 1 fully saturated rings. The van der Waals surface area contributed by atoms with Crippen LogP contribution < -0.4 is 5.32 Å². The van der Waals surface area contributed by atoms with Gasteiger partial charge in [0.2, 0.25) is 5.91 Å². The largest absolute Gasteiger partial charge is 0.481 e. The molecule has 2 atom stereocenters. The van der Waals surface area contributed by atoms with Crippen molar-refractivity contribution < 1.29 is 14.7 Å². The molecule has 104 valence electrons. The van der Waals surface area contributed by atoms with Crippen molar-refractivity contribution >= 4 is 23.2 Å². The molecule has 1 aromatic rings. The molecule has 1 saturated heterocycles. The van der Waals surface area contributed by atoms with Crippen molar-refractivity contribution in [2.75, 3.05) is 19.6 Å². The zero-order chi connectivity index (χ0) is 13.8. The molecule has 2 unspecified atom stereocenters. The van der Waals surface area contributed by atoms with Gasteiger partial charge in [-0.15, -0.1) is 11.3 Å². The molecule has 1 aliphatic heterocycles. The standard InChI is InChI=1S/C13H18N2O3S/c1-9(11-3-2-6-19-11)14-12(16)8-15-5-4-10(7-15)13(17)18/h2-3,6,9-10H,4-5,7-8H2,1H3,(H,14,16)(H,17,18). The second-order valence-corrected chi connectivity index (χ2v) is 5.84. The Morgan fingerprint density at radius 3 is 3.00 bits per heavy atom. The SMILES string of the molecule is CC(NC(=O)CN1CCC(C(=O)O)C1)c1cccs1. The van der Waals surface area contributed by atoms with Crippen LogP contribution in [0.1, 0.15) is 24.3 Å². The summed E-state index contributed by atoms with van der Waals surface area (Å²) in [7, 11) is 0. The second kappa shape index (κ2) is 6.16. The van der Waals surface area contributed by atoms with E-state index in [-0.39, 0.29) is 24.4 Å². The first-order chi connectivity index (χ1) is 9.06. The summed E-state index contributed by atoms with van der Waals surface area (Å²) >= 11 is 1.61. The third-order valence-electron chi connectivity index (χ3n) is 3.34. The lowest BCUT2D eigenvalue weighted by Crippen LogP contribution is -2.37. The Balaban J connectivity index is 1.78. The number of carboxylic acid groups (broad SMARTS) is 1. The van der Waals surface area contributed by atoms with Crippen LogP contribution in [0, 0.1) is 5.92 Å². The monoisotopic (exact) mass is 282 g/mol. The first kappa shape index (κ1) is 14.0. The van der Waals surface area contributed by atoms with E-state index in [2.05, 4.69) is 5.32 Å². The Kier molecular flexibility index (Phi) is 4.55. The number of nitrogens with zero attached hydrogens (tertiary/aromatic N) is 1. The summed E-state index contributed by atoms with van der Waals surface area (Å²) in [5.41, 5.74) is 0. The van der Waals surface area contributed by atoms with Crippen LogP contribution in [-0.4, -0.2) is 41.5 Å². The molecular weight excluding hydrogens is 264 g/mol. The fourth-order valence-electron chi connectivity index (χ4n) is 2.28. The van der Waals surface area contributed by atoms with Crippen LogP contribution in [0.2, 0.25) is 0 Å². The van der Waals surface area contributed by atoms with E-state index in [1.165, 1.54) is 0 Å². The third kappa shape index (κ3) is 3.78. The highest BCUT2D eigenvalue weighted by atomic mass is 32.1. The van der Waals surface area contributed by atoms with Crippen molar-refractivity contribution in [3.63, 3.8) is 0 Å². The average molecular weight is 282 g/mol. The predicted molar refractivity (Wildman–Crippen MR) is 73.1 cm³/mol. The summed E-state index contributed by atoms with van der Waals surface area (Å²) in [6.45, 7) is 3.38. The third-order valence-corrected chi connectivity index (χ3v) is 4.39. The molecule has 2 N–H and O–H groups in total. The summed E-state index contributed by atoms with van der Waals surface area (Å²) in [6.07, 6.45) is 0.628. The lowest BCUT2D eigenvalue weighted by Gasteiger charge is -2.17. The zero-order valence-corrected chi connectivity index (χ0v) is 11.7. The molecule has 19 heavy (non-hydrogen) atoms. The first-order valence-corrected chi connectivity index (χ1v) is 7.22. The van der Waals surface area contributed by atoms with E-state index >= 15 is 0 Å². The minimum absolute atomic E-state index is 0.00498. The number of hydrogen-bond donors (Lipinski definition) is 2. The van der Waals surface area contributed by atoms with Crippen molar-refractivity contribution in [3.8, 4) is 0 Å². The van der Waals surface area contributed by atoms with Gasteiger partial charge in [0, 0.05) is 11.4 Å². The van der Waals surface area contributed by atoms with Gasteiger partial charge in [0.15, 0.2) is 0 Å². The molecule has 0 spiro atoms. The number of carbonyl (C=O) groups is 2. The summed E-state index contributed by atoms with van der Waals surface area (Å²) < 4.78 is 0. The van der Waals surface area contributed by atoms with Gasteiger partial charge >= 0.3 is 5.97 Å². The number of rotatable bonds is 5. The molecule has 1 aliphatic rings. The summed E-state index contributed by atoms with van der Waals surface area (Å²) in [5.74, 6) is -1.15. The topological polar surface area (TPSA) is 69.6 Å². The average Bonchev–Trinajstić information content (AvgIpc) is 2.98. The number of aliphatic carboxylic acids is 1. The highest BCUT2D eigenvalue weighted by Gasteiger charge is 2.29. The van der Waals surface area contributed by atoms with Crippen molar-refractivity contribution in [1.82, 2.24) is 10.2 Å². The molecular formula is C13H18N2O3S. The molecule has 1 amide bonds. The molecule has 2 rings (SSSR count). The molecule has 0 aliphatic carbocycles. The minimum atomic E-state index is -0.769. The highest BCUT2D eigenvalue weighted by molar-refractivity contribution is 7.10. The molecule has 6 heteroatoms. The van der Waals surface area contributed by atoms with E-state index in [0.717, 1.165) is 4.88 Å². The van der Waals surface area contributed by atoms with Gasteiger partial charge in [0.25, 0.3) is 0 Å². The predicted octanol–water partition coefficient (Wildman–Crippen LogP) is 1.33. The molecule has 2 heterocycles. The number of thiophene rings is 1. The van der Waals surface area contributed by atoms with Gasteiger partial charge in [0.1, 0.15) is 0 Å². The van der Waals surface area contributed by atoms with E-state index < -0.39 is 5.97 Å². The first-order valence-electron chi connectivity index (χ1n) is 6.34. The maximum absolute atomic E-state index is 11.9. The number of carbonyl (C=O) groups excluding carboxylic acids is 1. The molecule has 1 aromatic heterocycles. The van der Waals surface area contributed by atoms with Gasteiger partial charge in [0.05, 0.1) is 18.5 Å². The number of amides is 1. The minimum Gasteiger partial charge on any atom is -0.481 e. The maximum Gasteiger partial charge on any atom is 0.307 e. The van der Waals surface area contributed by atoms with Gasteiger partial charge in [-0.2, -0.15) is 0 Å². The number of nitrogens with one attached hydrogen (secondary N) is 1. The van der Waals surface area contributed by atoms with Crippen LogP contribution in [0.4, 0.5) is 0 Å². The fraction of sp³-hybridized carbons (Fsp3) is 0.538. The Hall–Kier alpha value is -1.40. The van der Waals surface area contributed by atoms with Crippen LogP contribution in [0.5, 0.6) is 0 Å². The highest BCUT2D eigenvalue weighted by Crippen LogP contribution is 2.19. The van der Waals surface area contributed by atoms with Crippen molar-refractivity contribution in [3.05, 3.63) is 22.4 Å². The quantitative estimate of drug-likeness (QED) is 0.855. The Morgan fingerprint density at radius 1 is 1.63 bits per heavy atom. The van der Waals surface area contributed by atoms with Gasteiger partial charge in [-0.25, -0.2) is 0 Å². The van der Waals surface area contributed by atoms with E-state index in [4.69, 9.17) is 5.11 Å². The summed E-state index contributed by atoms with van der Waals surface area (Å²) in [6, 6.07) is 3.96. The molecule has 0 bridgehead atoms. The van der Waals surface area contributed by atoms with Crippen LogP contribution in [0.3, 0.4) is 0 Å². The number of hydrogen-bond acceptors (Lipinski definition) is 4. The summed E-state index contributed by atoms with van der Waals surface area (Å²) in [5, 5.41) is 13.8. The van der Waals surface area contributed by atoms with Crippen molar-refractivity contribution in [1.29, 1.82) is 0 Å².